The Labute approximate surface area is 167 Å². The van der Waals surface area contributed by atoms with Crippen molar-refractivity contribution in [2.75, 3.05) is 7.11 Å². The highest BCUT2D eigenvalue weighted by molar-refractivity contribution is 6.30. The van der Waals surface area contributed by atoms with Gasteiger partial charge in [0.1, 0.15) is 11.4 Å². The molecule has 0 aliphatic heterocycles. The van der Waals surface area contributed by atoms with Gasteiger partial charge in [-0.15, -0.1) is 0 Å². The van der Waals surface area contributed by atoms with Gasteiger partial charge in [-0.05, 0) is 47.5 Å². The lowest BCUT2D eigenvalue weighted by Gasteiger charge is -2.13. The predicted octanol–water partition coefficient (Wildman–Crippen LogP) is 4.57. The maximum atomic E-state index is 12.6. The monoisotopic (exact) mass is 393 g/mol. The smallest absolute Gasteiger partial charge is 0.227 e. The minimum Gasteiger partial charge on any atom is -0.497 e. The van der Waals surface area contributed by atoms with E-state index in [0.717, 1.165) is 33.4 Å². The third-order valence-electron chi connectivity index (χ3n) is 4.87. The zero-order chi connectivity index (χ0) is 19.7. The number of benzene rings is 2. The Morgan fingerprint density at radius 1 is 1.14 bits per heavy atom. The fourth-order valence-electron chi connectivity index (χ4n) is 3.22. The number of methoxy groups -OCH3 is 1. The van der Waals surface area contributed by atoms with E-state index < -0.39 is 0 Å². The van der Waals surface area contributed by atoms with Crippen molar-refractivity contribution in [3.63, 3.8) is 0 Å². The molecule has 1 amide bonds. The quantitative estimate of drug-likeness (QED) is 0.540. The Balaban J connectivity index is 1.47. The maximum Gasteiger partial charge on any atom is 0.227 e. The van der Waals surface area contributed by atoms with Gasteiger partial charge in [0.2, 0.25) is 5.91 Å². The first-order valence-electron chi connectivity index (χ1n) is 9.02. The summed E-state index contributed by atoms with van der Waals surface area (Å²) in [5.41, 5.74) is 2.55. The van der Waals surface area contributed by atoms with E-state index in [2.05, 4.69) is 10.3 Å². The van der Waals surface area contributed by atoms with E-state index in [-0.39, 0.29) is 11.8 Å². The van der Waals surface area contributed by atoms with Gasteiger partial charge in [0.15, 0.2) is 0 Å². The molecule has 2 aromatic heterocycles. The first kappa shape index (κ1) is 18.3. The lowest BCUT2D eigenvalue weighted by Crippen LogP contribution is -2.27. The number of nitrogens with zero attached hydrogens (tertiary/aromatic N) is 2. The molecule has 0 bridgehead atoms. The number of amides is 1. The highest BCUT2D eigenvalue weighted by Crippen LogP contribution is 2.25. The summed E-state index contributed by atoms with van der Waals surface area (Å²) in [6.07, 6.45) is 3.66. The summed E-state index contributed by atoms with van der Waals surface area (Å²) in [5.74, 6) is 0.515. The van der Waals surface area contributed by atoms with Crippen molar-refractivity contribution < 1.29 is 9.53 Å². The number of pyridine rings is 1. The summed E-state index contributed by atoms with van der Waals surface area (Å²) in [6, 6.07) is 15.6. The number of halogens is 1. The molecule has 1 atom stereocenters. The lowest BCUT2D eigenvalue weighted by atomic mass is 9.97. The Morgan fingerprint density at radius 3 is 2.75 bits per heavy atom. The third kappa shape index (κ3) is 3.66. The van der Waals surface area contributed by atoms with Gasteiger partial charge in [-0.2, -0.15) is 0 Å². The van der Waals surface area contributed by atoms with Crippen molar-refractivity contribution in [3.05, 3.63) is 77.2 Å². The first-order valence-corrected chi connectivity index (χ1v) is 9.40. The van der Waals surface area contributed by atoms with Crippen LogP contribution in [0.2, 0.25) is 5.02 Å². The van der Waals surface area contributed by atoms with E-state index >= 15 is 0 Å². The summed E-state index contributed by atoms with van der Waals surface area (Å²) < 4.78 is 7.11. The van der Waals surface area contributed by atoms with Crippen molar-refractivity contribution in [2.24, 2.45) is 0 Å². The van der Waals surface area contributed by atoms with Crippen LogP contribution in [-0.4, -0.2) is 22.4 Å². The number of rotatable bonds is 5. The molecule has 6 heteroatoms. The molecule has 2 aromatic carbocycles. The number of nitrogens with one attached hydrogen (secondary N) is 1. The zero-order valence-electron chi connectivity index (χ0n) is 15.6. The predicted molar refractivity (Wildman–Crippen MR) is 111 cm³/mol. The molecule has 28 heavy (non-hydrogen) atoms. The van der Waals surface area contributed by atoms with Crippen LogP contribution in [0.1, 0.15) is 24.1 Å². The first-order chi connectivity index (χ1) is 13.5. The second-order valence-corrected chi connectivity index (χ2v) is 7.19. The number of imidazole rings is 1. The number of hydrogen-bond acceptors (Lipinski definition) is 3. The van der Waals surface area contributed by atoms with Crippen molar-refractivity contribution in [1.29, 1.82) is 0 Å². The van der Waals surface area contributed by atoms with Gasteiger partial charge in [0.25, 0.3) is 0 Å². The van der Waals surface area contributed by atoms with Crippen LogP contribution in [0.5, 0.6) is 5.75 Å². The lowest BCUT2D eigenvalue weighted by molar-refractivity contribution is -0.122. The van der Waals surface area contributed by atoms with Crippen LogP contribution in [0.3, 0.4) is 0 Å². The van der Waals surface area contributed by atoms with E-state index in [1.807, 2.05) is 60.0 Å². The van der Waals surface area contributed by atoms with E-state index in [1.54, 1.807) is 19.4 Å². The van der Waals surface area contributed by atoms with Crippen LogP contribution < -0.4 is 10.1 Å². The summed E-state index contributed by atoms with van der Waals surface area (Å²) in [5, 5.41) is 5.77. The second-order valence-electron chi connectivity index (χ2n) is 6.76. The molecule has 1 N–H and O–H groups in total. The Morgan fingerprint density at radius 2 is 1.93 bits per heavy atom. The normalized spacial score (nSPS) is 12.2. The molecule has 5 nitrogen and oxygen atoms in total. The van der Waals surface area contributed by atoms with Crippen molar-refractivity contribution >= 4 is 33.9 Å². The van der Waals surface area contributed by atoms with E-state index in [0.29, 0.717) is 11.6 Å². The van der Waals surface area contributed by atoms with Crippen LogP contribution in [-0.2, 0) is 11.3 Å². The number of hydrogen-bond donors (Lipinski definition) is 1. The Hall–Kier alpha value is -3.05. The molecule has 0 aliphatic rings. The van der Waals surface area contributed by atoms with Crippen LogP contribution in [0.4, 0.5) is 0 Å². The Bertz CT molecular complexity index is 1170. The number of ether oxygens (including phenoxy) is 1. The van der Waals surface area contributed by atoms with E-state index in [9.17, 15) is 4.79 Å². The summed E-state index contributed by atoms with van der Waals surface area (Å²) in [4.78, 5) is 17.1. The van der Waals surface area contributed by atoms with Gasteiger partial charge >= 0.3 is 0 Å². The highest BCUT2D eigenvalue weighted by Gasteiger charge is 2.16. The molecule has 0 saturated carbocycles. The summed E-state index contributed by atoms with van der Waals surface area (Å²) in [6.45, 7) is 2.27. The topological polar surface area (TPSA) is 55.6 Å². The molecule has 0 radical (unpaired) electrons. The molecule has 0 fully saturated rings. The molecule has 0 spiro atoms. The molecule has 0 saturated heterocycles. The third-order valence-corrected chi connectivity index (χ3v) is 5.10. The molecule has 142 valence electrons. The van der Waals surface area contributed by atoms with Crippen molar-refractivity contribution in [2.45, 2.75) is 19.4 Å². The molecule has 4 rings (SSSR count). The van der Waals surface area contributed by atoms with Crippen LogP contribution in [0.25, 0.3) is 16.4 Å². The minimum absolute atomic E-state index is 0.0389. The van der Waals surface area contributed by atoms with Gasteiger partial charge in [-0.1, -0.05) is 35.9 Å². The van der Waals surface area contributed by atoms with Gasteiger partial charge in [-0.25, -0.2) is 4.98 Å². The standard InChI is InChI=1S/C22H20ClN3O2/c1-14(15-3-4-17-10-20(28-2)7-5-16(17)9-15)22(27)24-11-19-13-26-12-18(23)6-8-21(26)25-19/h3-10,12-14H,11H2,1-2H3,(H,24,27). The Kier molecular flexibility index (Phi) is 4.92. The molecular formula is C22H20ClN3O2. The zero-order valence-corrected chi connectivity index (χ0v) is 16.4. The van der Waals surface area contributed by atoms with Crippen molar-refractivity contribution in [3.8, 4) is 5.75 Å². The fourth-order valence-corrected chi connectivity index (χ4v) is 3.39. The molecule has 0 aliphatic carbocycles. The number of carbonyl (C=O) groups is 1. The maximum absolute atomic E-state index is 12.6. The number of carbonyl (C=O) groups excluding carboxylic acids is 1. The van der Waals surface area contributed by atoms with E-state index in [1.165, 1.54) is 0 Å². The molecular weight excluding hydrogens is 374 g/mol. The minimum atomic E-state index is -0.266. The average Bonchev–Trinajstić information content (AvgIpc) is 3.12. The average molecular weight is 394 g/mol. The summed E-state index contributed by atoms with van der Waals surface area (Å²) >= 11 is 6.00. The molecule has 1 unspecified atom stereocenters. The van der Waals surface area contributed by atoms with Crippen LogP contribution in [0, 0.1) is 0 Å². The summed E-state index contributed by atoms with van der Waals surface area (Å²) in [7, 11) is 1.65. The van der Waals surface area contributed by atoms with Gasteiger partial charge in [0, 0.05) is 12.4 Å². The second kappa shape index (κ2) is 7.52. The fraction of sp³-hybridized carbons (Fsp3) is 0.182. The van der Waals surface area contributed by atoms with Crippen LogP contribution in [0.15, 0.2) is 60.9 Å². The highest BCUT2D eigenvalue weighted by atomic mass is 35.5. The van der Waals surface area contributed by atoms with E-state index in [4.69, 9.17) is 16.3 Å². The van der Waals surface area contributed by atoms with Crippen LogP contribution >= 0.6 is 11.6 Å². The SMILES string of the molecule is COc1ccc2cc(C(C)C(=O)NCc3cn4cc(Cl)ccc4n3)ccc2c1. The molecule has 2 heterocycles. The largest absolute Gasteiger partial charge is 0.497 e. The van der Waals surface area contributed by atoms with Gasteiger partial charge in [0.05, 0.1) is 30.3 Å². The van der Waals surface area contributed by atoms with Crippen molar-refractivity contribution in [1.82, 2.24) is 14.7 Å². The number of fused-ring (bicyclic) bond motifs is 2. The molecule has 4 aromatic rings. The van der Waals surface area contributed by atoms with Gasteiger partial charge in [-0.3, -0.25) is 4.79 Å². The number of aromatic nitrogens is 2. The van der Waals surface area contributed by atoms with Gasteiger partial charge < -0.3 is 14.5 Å².